The Morgan fingerprint density at radius 3 is 2.92 bits per heavy atom. The van der Waals surface area contributed by atoms with Gasteiger partial charge in [-0.05, 0) is 18.5 Å². The number of hydrogen-bond donors (Lipinski definition) is 2. The minimum atomic E-state index is 0.259. The SMILES string of the molecule is Cc1cc(NCCN)nc(Cl)n1. The third-order valence-electron chi connectivity index (χ3n) is 1.28. The van der Waals surface area contributed by atoms with E-state index < -0.39 is 0 Å². The summed E-state index contributed by atoms with van der Waals surface area (Å²) in [5.41, 5.74) is 6.16. The standard InChI is InChI=1S/C7H11ClN4/c1-5-4-6(10-3-2-9)12-7(8)11-5/h4H,2-3,9H2,1H3,(H,10,11,12). The first-order chi connectivity index (χ1) is 5.72. The second-order valence-electron chi connectivity index (χ2n) is 2.38. The van der Waals surface area contributed by atoms with E-state index in [0.717, 1.165) is 11.5 Å². The largest absolute Gasteiger partial charge is 0.369 e. The van der Waals surface area contributed by atoms with E-state index in [2.05, 4.69) is 15.3 Å². The molecule has 0 amide bonds. The summed E-state index contributed by atoms with van der Waals surface area (Å²) in [6.07, 6.45) is 0. The zero-order valence-corrected chi connectivity index (χ0v) is 7.60. The van der Waals surface area contributed by atoms with Crippen molar-refractivity contribution >= 4 is 17.4 Å². The number of nitrogens with one attached hydrogen (secondary N) is 1. The minimum absolute atomic E-state index is 0.259. The van der Waals surface area contributed by atoms with Gasteiger partial charge >= 0.3 is 0 Å². The van der Waals surface area contributed by atoms with Gasteiger partial charge in [-0.1, -0.05) is 0 Å². The molecule has 1 aromatic heterocycles. The van der Waals surface area contributed by atoms with Crippen LogP contribution in [-0.4, -0.2) is 23.1 Å². The monoisotopic (exact) mass is 186 g/mol. The summed E-state index contributed by atoms with van der Waals surface area (Å²) in [6.45, 7) is 3.12. The molecule has 1 rings (SSSR count). The Bertz CT molecular complexity index is 243. The Morgan fingerprint density at radius 2 is 2.33 bits per heavy atom. The molecule has 0 fully saturated rings. The predicted molar refractivity (Wildman–Crippen MR) is 49.3 cm³/mol. The maximum absolute atomic E-state index is 5.64. The third-order valence-corrected chi connectivity index (χ3v) is 1.45. The Labute approximate surface area is 76.2 Å². The van der Waals surface area contributed by atoms with Gasteiger partial charge in [-0.3, -0.25) is 0 Å². The molecule has 0 bridgehead atoms. The van der Waals surface area contributed by atoms with Crippen LogP contribution in [0.25, 0.3) is 0 Å². The average molecular weight is 187 g/mol. The molecule has 0 aromatic carbocycles. The molecule has 0 aliphatic heterocycles. The van der Waals surface area contributed by atoms with Crippen LogP contribution in [0.4, 0.5) is 5.82 Å². The lowest BCUT2D eigenvalue weighted by atomic mass is 10.4. The van der Waals surface area contributed by atoms with Gasteiger partial charge in [0, 0.05) is 24.8 Å². The molecule has 0 spiro atoms. The van der Waals surface area contributed by atoms with E-state index >= 15 is 0 Å². The van der Waals surface area contributed by atoms with Gasteiger partial charge in [0.2, 0.25) is 5.28 Å². The fourth-order valence-electron chi connectivity index (χ4n) is 0.823. The van der Waals surface area contributed by atoms with Crippen molar-refractivity contribution < 1.29 is 0 Å². The second-order valence-corrected chi connectivity index (χ2v) is 2.72. The second kappa shape index (κ2) is 4.23. The molecule has 1 heterocycles. The van der Waals surface area contributed by atoms with Crippen molar-refractivity contribution in [1.29, 1.82) is 0 Å². The summed E-state index contributed by atoms with van der Waals surface area (Å²) in [5.74, 6) is 0.720. The molecule has 0 radical (unpaired) electrons. The summed E-state index contributed by atoms with van der Waals surface area (Å²) in [7, 11) is 0. The zero-order chi connectivity index (χ0) is 8.97. The Kier molecular flexibility index (Phi) is 3.25. The summed E-state index contributed by atoms with van der Waals surface area (Å²) < 4.78 is 0. The van der Waals surface area contributed by atoms with Crippen molar-refractivity contribution in [3.8, 4) is 0 Å². The lowest BCUT2D eigenvalue weighted by molar-refractivity contribution is 0.997. The van der Waals surface area contributed by atoms with E-state index in [0.29, 0.717) is 13.1 Å². The van der Waals surface area contributed by atoms with E-state index in [9.17, 15) is 0 Å². The number of halogens is 1. The molecule has 4 nitrogen and oxygen atoms in total. The Hall–Kier alpha value is -0.870. The van der Waals surface area contributed by atoms with Crippen molar-refractivity contribution in [2.24, 2.45) is 5.73 Å². The van der Waals surface area contributed by atoms with Gasteiger partial charge in [-0.25, -0.2) is 9.97 Å². The molecule has 0 saturated heterocycles. The number of hydrogen-bond acceptors (Lipinski definition) is 4. The van der Waals surface area contributed by atoms with Crippen molar-refractivity contribution in [2.45, 2.75) is 6.92 Å². The summed E-state index contributed by atoms with van der Waals surface area (Å²) in [4.78, 5) is 7.88. The number of nitrogens with two attached hydrogens (primary N) is 1. The first kappa shape index (κ1) is 9.22. The van der Waals surface area contributed by atoms with E-state index in [-0.39, 0.29) is 5.28 Å². The van der Waals surface area contributed by atoms with Crippen LogP contribution < -0.4 is 11.1 Å². The van der Waals surface area contributed by atoms with Gasteiger partial charge in [0.15, 0.2) is 0 Å². The molecular weight excluding hydrogens is 176 g/mol. The van der Waals surface area contributed by atoms with Gasteiger partial charge < -0.3 is 11.1 Å². The first-order valence-electron chi connectivity index (χ1n) is 3.67. The van der Waals surface area contributed by atoms with Crippen LogP contribution in [0.3, 0.4) is 0 Å². The van der Waals surface area contributed by atoms with Crippen LogP contribution in [0.15, 0.2) is 6.07 Å². The van der Waals surface area contributed by atoms with Gasteiger partial charge in [-0.2, -0.15) is 0 Å². The molecule has 66 valence electrons. The van der Waals surface area contributed by atoms with Crippen molar-refractivity contribution in [3.05, 3.63) is 17.0 Å². The highest BCUT2D eigenvalue weighted by Gasteiger charge is 1.97. The fourth-order valence-corrected chi connectivity index (χ4v) is 1.05. The Morgan fingerprint density at radius 1 is 1.58 bits per heavy atom. The lowest BCUT2D eigenvalue weighted by Gasteiger charge is -2.03. The topological polar surface area (TPSA) is 63.8 Å². The maximum atomic E-state index is 5.64. The zero-order valence-electron chi connectivity index (χ0n) is 6.84. The van der Waals surface area contributed by atoms with Crippen LogP contribution in [0, 0.1) is 6.92 Å². The number of aromatic nitrogens is 2. The van der Waals surface area contributed by atoms with Crippen LogP contribution in [-0.2, 0) is 0 Å². The van der Waals surface area contributed by atoms with Crippen molar-refractivity contribution in [3.63, 3.8) is 0 Å². The van der Waals surface area contributed by atoms with E-state index in [4.69, 9.17) is 17.3 Å². The number of aryl methyl sites for hydroxylation is 1. The van der Waals surface area contributed by atoms with E-state index in [1.165, 1.54) is 0 Å². The first-order valence-corrected chi connectivity index (χ1v) is 4.05. The third kappa shape index (κ3) is 2.64. The van der Waals surface area contributed by atoms with Gasteiger partial charge in [0.25, 0.3) is 0 Å². The van der Waals surface area contributed by atoms with E-state index in [1.807, 2.05) is 13.0 Å². The normalized spacial score (nSPS) is 9.92. The molecule has 0 aliphatic carbocycles. The molecular formula is C7H11ClN4. The summed E-state index contributed by atoms with van der Waals surface area (Å²) >= 11 is 5.64. The summed E-state index contributed by atoms with van der Waals surface area (Å²) in [5, 5.41) is 3.27. The molecule has 12 heavy (non-hydrogen) atoms. The highest BCUT2D eigenvalue weighted by atomic mass is 35.5. The Balaban J connectivity index is 2.72. The minimum Gasteiger partial charge on any atom is -0.369 e. The molecule has 3 N–H and O–H groups in total. The predicted octanol–water partition coefficient (Wildman–Crippen LogP) is 0.809. The number of rotatable bonds is 3. The number of anilines is 1. The quantitative estimate of drug-likeness (QED) is 0.686. The highest BCUT2D eigenvalue weighted by Crippen LogP contribution is 2.08. The lowest BCUT2D eigenvalue weighted by Crippen LogP contribution is -2.14. The fraction of sp³-hybridized carbons (Fsp3) is 0.429. The average Bonchev–Trinajstić information content (AvgIpc) is 1.99. The van der Waals surface area contributed by atoms with Crippen LogP contribution in [0.1, 0.15) is 5.69 Å². The molecule has 0 unspecified atom stereocenters. The van der Waals surface area contributed by atoms with Crippen LogP contribution in [0.5, 0.6) is 0 Å². The molecule has 0 saturated carbocycles. The van der Waals surface area contributed by atoms with Crippen molar-refractivity contribution in [2.75, 3.05) is 18.4 Å². The molecule has 0 aliphatic rings. The number of nitrogens with zero attached hydrogens (tertiary/aromatic N) is 2. The van der Waals surface area contributed by atoms with Crippen LogP contribution >= 0.6 is 11.6 Å². The van der Waals surface area contributed by atoms with Crippen molar-refractivity contribution in [1.82, 2.24) is 9.97 Å². The van der Waals surface area contributed by atoms with Gasteiger partial charge in [0.05, 0.1) is 0 Å². The van der Waals surface area contributed by atoms with Crippen LogP contribution in [0.2, 0.25) is 5.28 Å². The molecule has 0 atom stereocenters. The smallest absolute Gasteiger partial charge is 0.224 e. The molecule has 5 heteroatoms. The van der Waals surface area contributed by atoms with E-state index in [1.54, 1.807) is 0 Å². The summed E-state index contributed by atoms with van der Waals surface area (Å²) in [6, 6.07) is 1.82. The molecule has 1 aromatic rings. The van der Waals surface area contributed by atoms with Gasteiger partial charge in [0.1, 0.15) is 5.82 Å². The highest BCUT2D eigenvalue weighted by molar-refractivity contribution is 6.28. The maximum Gasteiger partial charge on any atom is 0.224 e. The van der Waals surface area contributed by atoms with Gasteiger partial charge in [-0.15, -0.1) is 0 Å².